The van der Waals surface area contributed by atoms with Crippen LogP contribution in [-0.4, -0.2) is 21.1 Å². The minimum Gasteiger partial charge on any atom is -0.324 e. The molecule has 0 saturated carbocycles. The van der Waals surface area contributed by atoms with Crippen LogP contribution >= 0.6 is 0 Å². The van der Waals surface area contributed by atoms with Crippen molar-refractivity contribution in [3.63, 3.8) is 0 Å². The van der Waals surface area contributed by atoms with Crippen LogP contribution in [0.1, 0.15) is 32.0 Å². The van der Waals surface area contributed by atoms with Crippen LogP contribution in [0.3, 0.4) is 0 Å². The average Bonchev–Trinajstić information content (AvgIpc) is 2.49. The van der Waals surface area contributed by atoms with E-state index in [1.807, 2.05) is 19.9 Å². The molecule has 0 aliphatic carbocycles. The zero-order valence-corrected chi connectivity index (χ0v) is 12.4. The van der Waals surface area contributed by atoms with Gasteiger partial charge in [-0.1, -0.05) is 13.8 Å². The molecule has 2 heterocycles. The first-order valence-corrected chi connectivity index (χ1v) is 6.92. The third-order valence-corrected chi connectivity index (χ3v) is 3.23. The molecule has 6 heteroatoms. The van der Waals surface area contributed by atoms with Crippen LogP contribution in [0.5, 0.6) is 0 Å². The highest BCUT2D eigenvalue weighted by molar-refractivity contribution is 5.91. The van der Waals surface area contributed by atoms with Gasteiger partial charge in [-0.25, -0.2) is 0 Å². The van der Waals surface area contributed by atoms with Crippen LogP contribution in [0, 0.1) is 0 Å². The molecular weight excluding hydrogens is 268 g/mol. The highest BCUT2D eigenvalue weighted by atomic mass is 16.2. The van der Waals surface area contributed by atoms with Crippen LogP contribution < -0.4 is 10.9 Å². The van der Waals surface area contributed by atoms with Crippen molar-refractivity contribution >= 4 is 11.6 Å². The summed E-state index contributed by atoms with van der Waals surface area (Å²) in [6, 6.07) is 3.64. The molecule has 0 atom stereocenters. The standard InChI is InChI=1S/C15H18N4O2/c1-4-10-13(12-7-6-8-16-19-12)11(5-2)18-15(21)14(10)17-9(3)20/h6-8H,4-5H2,1-3H3,(H,17,20)(H,18,21). The summed E-state index contributed by atoms with van der Waals surface area (Å²) >= 11 is 0. The summed E-state index contributed by atoms with van der Waals surface area (Å²) < 4.78 is 0. The lowest BCUT2D eigenvalue weighted by molar-refractivity contribution is -0.114. The normalized spacial score (nSPS) is 10.4. The van der Waals surface area contributed by atoms with Crippen LogP contribution in [-0.2, 0) is 17.6 Å². The van der Waals surface area contributed by atoms with E-state index in [0.717, 1.165) is 16.8 Å². The molecule has 110 valence electrons. The van der Waals surface area contributed by atoms with Crippen molar-refractivity contribution in [2.75, 3.05) is 5.32 Å². The van der Waals surface area contributed by atoms with Gasteiger partial charge in [0, 0.05) is 24.4 Å². The van der Waals surface area contributed by atoms with E-state index in [2.05, 4.69) is 20.5 Å². The van der Waals surface area contributed by atoms with Gasteiger partial charge >= 0.3 is 0 Å². The fourth-order valence-electron chi connectivity index (χ4n) is 2.38. The summed E-state index contributed by atoms with van der Waals surface area (Å²) in [6.07, 6.45) is 2.87. The lowest BCUT2D eigenvalue weighted by Crippen LogP contribution is -2.22. The first kappa shape index (κ1) is 14.9. The van der Waals surface area contributed by atoms with Gasteiger partial charge in [0.15, 0.2) is 0 Å². The number of anilines is 1. The molecule has 0 aromatic carbocycles. The summed E-state index contributed by atoms with van der Waals surface area (Å²) in [5.74, 6) is -0.274. The quantitative estimate of drug-likeness (QED) is 0.898. The predicted octanol–water partition coefficient (Wildman–Crippen LogP) is 1.92. The molecule has 0 saturated heterocycles. The summed E-state index contributed by atoms with van der Waals surface area (Å²) in [4.78, 5) is 26.4. The van der Waals surface area contributed by atoms with Crippen LogP contribution in [0.25, 0.3) is 11.3 Å². The number of carbonyl (C=O) groups is 1. The molecule has 6 nitrogen and oxygen atoms in total. The Morgan fingerprint density at radius 3 is 2.62 bits per heavy atom. The Kier molecular flexibility index (Phi) is 4.47. The van der Waals surface area contributed by atoms with E-state index in [9.17, 15) is 9.59 Å². The van der Waals surface area contributed by atoms with Gasteiger partial charge in [-0.05, 0) is 30.5 Å². The van der Waals surface area contributed by atoms with Crippen LogP contribution in [0.15, 0.2) is 23.1 Å². The molecule has 0 unspecified atom stereocenters. The average molecular weight is 286 g/mol. The van der Waals surface area contributed by atoms with Crippen molar-refractivity contribution < 1.29 is 4.79 Å². The molecule has 0 aliphatic rings. The van der Waals surface area contributed by atoms with E-state index < -0.39 is 0 Å². The molecule has 0 aliphatic heterocycles. The lowest BCUT2D eigenvalue weighted by Gasteiger charge is -2.16. The van der Waals surface area contributed by atoms with Gasteiger partial charge in [-0.15, -0.1) is 0 Å². The zero-order chi connectivity index (χ0) is 15.4. The highest BCUT2D eigenvalue weighted by Crippen LogP contribution is 2.28. The minimum atomic E-state index is -0.286. The smallest absolute Gasteiger partial charge is 0.272 e. The second-order valence-electron chi connectivity index (χ2n) is 4.66. The van der Waals surface area contributed by atoms with Crippen molar-refractivity contribution in [2.45, 2.75) is 33.6 Å². The third-order valence-electron chi connectivity index (χ3n) is 3.23. The monoisotopic (exact) mass is 286 g/mol. The number of aromatic nitrogens is 3. The summed E-state index contributed by atoms with van der Waals surface area (Å²) in [6.45, 7) is 5.29. The number of rotatable bonds is 4. The Bertz CT molecular complexity index is 708. The third kappa shape index (κ3) is 2.99. The number of H-pyrrole nitrogens is 1. The van der Waals surface area contributed by atoms with E-state index in [0.29, 0.717) is 24.2 Å². The molecule has 2 N–H and O–H groups in total. The number of aromatic amines is 1. The van der Waals surface area contributed by atoms with Gasteiger partial charge in [0.1, 0.15) is 5.69 Å². The Morgan fingerprint density at radius 1 is 1.33 bits per heavy atom. The van der Waals surface area contributed by atoms with Crippen LogP contribution in [0.2, 0.25) is 0 Å². The van der Waals surface area contributed by atoms with E-state index in [1.54, 1.807) is 12.3 Å². The van der Waals surface area contributed by atoms with Crippen molar-refractivity contribution in [3.8, 4) is 11.3 Å². The second-order valence-corrected chi connectivity index (χ2v) is 4.66. The number of hydrogen-bond acceptors (Lipinski definition) is 4. The Balaban J connectivity index is 2.77. The van der Waals surface area contributed by atoms with Gasteiger partial charge in [0.05, 0.1) is 5.69 Å². The topological polar surface area (TPSA) is 87.7 Å². The van der Waals surface area contributed by atoms with Gasteiger partial charge in [-0.3, -0.25) is 9.59 Å². The Hall–Kier alpha value is -2.50. The van der Waals surface area contributed by atoms with Gasteiger partial charge in [-0.2, -0.15) is 10.2 Å². The Labute approximate surface area is 122 Å². The molecule has 21 heavy (non-hydrogen) atoms. The SMILES string of the molecule is CCc1[nH]c(=O)c(NC(C)=O)c(CC)c1-c1cccnn1. The molecule has 0 radical (unpaired) electrons. The second kappa shape index (κ2) is 6.30. The van der Waals surface area contributed by atoms with Gasteiger partial charge < -0.3 is 10.3 Å². The molecule has 2 rings (SSSR count). The number of nitrogens with one attached hydrogen (secondary N) is 2. The lowest BCUT2D eigenvalue weighted by atomic mass is 9.97. The molecule has 0 bridgehead atoms. The maximum absolute atomic E-state index is 12.2. The van der Waals surface area contributed by atoms with Gasteiger partial charge in [0.25, 0.3) is 5.56 Å². The van der Waals surface area contributed by atoms with Crippen molar-refractivity contribution in [1.29, 1.82) is 0 Å². The molecule has 0 fully saturated rings. The summed E-state index contributed by atoms with van der Waals surface area (Å²) in [7, 11) is 0. The Morgan fingerprint density at radius 2 is 2.10 bits per heavy atom. The zero-order valence-electron chi connectivity index (χ0n) is 12.4. The number of nitrogens with zero attached hydrogens (tertiary/aromatic N) is 2. The number of hydrogen-bond donors (Lipinski definition) is 2. The van der Waals surface area contributed by atoms with Crippen LogP contribution in [0.4, 0.5) is 5.69 Å². The first-order chi connectivity index (χ1) is 10.1. The number of carbonyl (C=O) groups excluding carboxylic acids is 1. The van der Waals surface area contributed by atoms with Crippen molar-refractivity contribution in [3.05, 3.63) is 39.9 Å². The van der Waals surface area contributed by atoms with E-state index in [-0.39, 0.29) is 11.5 Å². The van der Waals surface area contributed by atoms with E-state index >= 15 is 0 Å². The molecule has 2 aromatic rings. The number of aryl methyl sites for hydroxylation is 1. The van der Waals surface area contributed by atoms with Gasteiger partial charge in [0.2, 0.25) is 5.91 Å². The summed E-state index contributed by atoms with van der Waals surface area (Å²) in [5, 5.41) is 10.7. The fraction of sp³-hybridized carbons (Fsp3) is 0.333. The van der Waals surface area contributed by atoms with Crippen molar-refractivity contribution in [2.24, 2.45) is 0 Å². The first-order valence-electron chi connectivity index (χ1n) is 6.92. The van der Waals surface area contributed by atoms with E-state index in [4.69, 9.17) is 0 Å². The minimum absolute atomic E-state index is 0.274. The summed E-state index contributed by atoms with van der Waals surface area (Å²) in [5.41, 5.74) is 3.12. The maximum atomic E-state index is 12.2. The largest absolute Gasteiger partial charge is 0.324 e. The van der Waals surface area contributed by atoms with E-state index in [1.165, 1.54) is 6.92 Å². The van der Waals surface area contributed by atoms with Crippen molar-refractivity contribution in [1.82, 2.24) is 15.2 Å². The predicted molar refractivity (Wildman–Crippen MR) is 81.1 cm³/mol. The molecule has 0 spiro atoms. The molecular formula is C15H18N4O2. The highest BCUT2D eigenvalue weighted by Gasteiger charge is 2.18. The fourth-order valence-corrected chi connectivity index (χ4v) is 2.38. The molecule has 2 aromatic heterocycles. The maximum Gasteiger partial charge on any atom is 0.272 e. The number of pyridine rings is 1. The molecule has 1 amide bonds. The number of amides is 1.